The molecule has 0 bridgehead atoms. The summed E-state index contributed by atoms with van der Waals surface area (Å²) in [4.78, 5) is 0. The summed E-state index contributed by atoms with van der Waals surface area (Å²) in [6, 6.07) is 4.92. The highest BCUT2D eigenvalue weighted by atomic mass is 19.4. The highest BCUT2D eigenvalue weighted by molar-refractivity contribution is 5.27. The minimum absolute atomic E-state index is 0.104. The lowest BCUT2D eigenvalue weighted by atomic mass is 10.0. The number of hydrogen-bond acceptors (Lipinski definition) is 1. The van der Waals surface area contributed by atoms with E-state index in [1.165, 1.54) is 12.1 Å². The van der Waals surface area contributed by atoms with E-state index < -0.39 is 11.7 Å². The Morgan fingerprint density at radius 1 is 1.31 bits per heavy atom. The average Bonchev–Trinajstić information content (AvgIpc) is 2.25. The standard InChI is InChI=1S/C12H12F3N/c1-3-4-11(16-2)9-5-7-10(8-6-9)12(13,14)15/h1,5-8,11,16H,4H2,2H3. The van der Waals surface area contributed by atoms with Gasteiger partial charge in [-0.05, 0) is 24.7 Å². The van der Waals surface area contributed by atoms with Crippen molar-refractivity contribution in [1.29, 1.82) is 0 Å². The minimum atomic E-state index is -4.29. The molecule has 1 aromatic carbocycles. The number of alkyl halides is 3. The van der Waals surface area contributed by atoms with Crippen molar-refractivity contribution in [2.24, 2.45) is 0 Å². The van der Waals surface area contributed by atoms with Crippen molar-refractivity contribution in [2.75, 3.05) is 7.05 Å². The molecular weight excluding hydrogens is 215 g/mol. The first-order valence-electron chi connectivity index (χ1n) is 4.77. The van der Waals surface area contributed by atoms with E-state index in [2.05, 4.69) is 11.2 Å². The molecule has 0 fully saturated rings. The average molecular weight is 227 g/mol. The molecule has 0 saturated heterocycles. The molecule has 0 aliphatic carbocycles. The first-order chi connectivity index (χ1) is 7.49. The molecular formula is C12H12F3N. The van der Waals surface area contributed by atoms with Gasteiger partial charge in [-0.1, -0.05) is 12.1 Å². The van der Waals surface area contributed by atoms with Crippen LogP contribution in [0.1, 0.15) is 23.6 Å². The number of terminal acetylenes is 1. The van der Waals surface area contributed by atoms with Crippen LogP contribution in [0.3, 0.4) is 0 Å². The van der Waals surface area contributed by atoms with Crippen LogP contribution in [0.5, 0.6) is 0 Å². The Labute approximate surface area is 92.7 Å². The molecule has 0 amide bonds. The Bertz CT molecular complexity index is 373. The number of nitrogens with one attached hydrogen (secondary N) is 1. The van der Waals surface area contributed by atoms with E-state index in [1.807, 2.05) is 0 Å². The normalized spacial score (nSPS) is 13.2. The van der Waals surface area contributed by atoms with Gasteiger partial charge in [-0.15, -0.1) is 12.3 Å². The van der Waals surface area contributed by atoms with Crippen LogP contribution < -0.4 is 5.32 Å². The van der Waals surface area contributed by atoms with Gasteiger partial charge in [0.1, 0.15) is 0 Å². The van der Waals surface area contributed by atoms with E-state index in [4.69, 9.17) is 6.42 Å². The van der Waals surface area contributed by atoms with Crippen LogP contribution in [-0.4, -0.2) is 7.05 Å². The van der Waals surface area contributed by atoms with Crippen LogP contribution >= 0.6 is 0 Å². The van der Waals surface area contributed by atoms with E-state index in [-0.39, 0.29) is 6.04 Å². The Morgan fingerprint density at radius 2 is 1.88 bits per heavy atom. The molecule has 1 nitrogen and oxygen atoms in total. The molecule has 0 aliphatic heterocycles. The van der Waals surface area contributed by atoms with Gasteiger partial charge in [-0.25, -0.2) is 0 Å². The van der Waals surface area contributed by atoms with E-state index >= 15 is 0 Å². The van der Waals surface area contributed by atoms with Crippen molar-refractivity contribution < 1.29 is 13.2 Å². The topological polar surface area (TPSA) is 12.0 Å². The predicted octanol–water partition coefficient (Wildman–Crippen LogP) is 2.99. The number of hydrogen-bond donors (Lipinski definition) is 1. The Kier molecular flexibility index (Phi) is 3.97. The third-order valence-electron chi connectivity index (χ3n) is 2.31. The maximum absolute atomic E-state index is 12.3. The second kappa shape index (κ2) is 5.04. The third kappa shape index (κ3) is 3.01. The quantitative estimate of drug-likeness (QED) is 0.783. The predicted molar refractivity (Wildman–Crippen MR) is 56.7 cm³/mol. The maximum Gasteiger partial charge on any atom is 0.416 e. The molecule has 0 aliphatic rings. The molecule has 0 spiro atoms. The first kappa shape index (κ1) is 12.6. The summed E-state index contributed by atoms with van der Waals surface area (Å²) in [5, 5.41) is 2.95. The van der Waals surface area contributed by atoms with E-state index in [0.29, 0.717) is 6.42 Å². The van der Waals surface area contributed by atoms with Crippen LogP contribution in [0.15, 0.2) is 24.3 Å². The fourth-order valence-corrected chi connectivity index (χ4v) is 1.41. The summed E-state index contributed by atoms with van der Waals surface area (Å²) in [7, 11) is 1.72. The lowest BCUT2D eigenvalue weighted by Gasteiger charge is -2.14. The fraction of sp³-hybridized carbons (Fsp3) is 0.333. The first-order valence-corrected chi connectivity index (χ1v) is 4.77. The van der Waals surface area contributed by atoms with Gasteiger partial charge in [0.2, 0.25) is 0 Å². The van der Waals surface area contributed by atoms with Crippen molar-refractivity contribution in [2.45, 2.75) is 18.6 Å². The summed E-state index contributed by atoms with van der Waals surface area (Å²) < 4.78 is 36.9. The van der Waals surface area contributed by atoms with Gasteiger partial charge >= 0.3 is 6.18 Å². The maximum atomic E-state index is 12.3. The highest BCUT2D eigenvalue weighted by Gasteiger charge is 2.30. The smallest absolute Gasteiger partial charge is 0.312 e. The lowest BCUT2D eigenvalue weighted by molar-refractivity contribution is -0.137. The Morgan fingerprint density at radius 3 is 2.25 bits per heavy atom. The van der Waals surface area contributed by atoms with Crippen molar-refractivity contribution in [3.05, 3.63) is 35.4 Å². The number of rotatable bonds is 3. The molecule has 1 N–H and O–H groups in total. The summed E-state index contributed by atoms with van der Waals surface area (Å²) in [5.74, 6) is 2.48. The summed E-state index contributed by atoms with van der Waals surface area (Å²) in [5.41, 5.74) is 0.111. The second-order valence-electron chi connectivity index (χ2n) is 3.37. The molecule has 0 saturated carbocycles. The van der Waals surface area contributed by atoms with Gasteiger partial charge in [0.05, 0.1) is 5.56 Å². The van der Waals surface area contributed by atoms with E-state index in [9.17, 15) is 13.2 Å². The molecule has 0 heterocycles. The SMILES string of the molecule is C#CCC(NC)c1ccc(C(F)(F)F)cc1. The van der Waals surface area contributed by atoms with Gasteiger partial charge < -0.3 is 5.32 Å². The number of halogens is 3. The molecule has 0 aromatic heterocycles. The summed E-state index contributed by atoms with van der Waals surface area (Å²) in [6.07, 6.45) is 1.33. The summed E-state index contributed by atoms with van der Waals surface area (Å²) >= 11 is 0. The molecule has 1 aromatic rings. The molecule has 1 atom stereocenters. The molecule has 4 heteroatoms. The van der Waals surface area contributed by atoms with Crippen LogP contribution in [-0.2, 0) is 6.18 Å². The molecule has 16 heavy (non-hydrogen) atoms. The van der Waals surface area contributed by atoms with Gasteiger partial charge in [0.15, 0.2) is 0 Å². The van der Waals surface area contributed by atoms with E-state index in [1.54, 1.807) is 7.05 Å². The largest absolute Gasteiger partial charge is 0.416 e. The Balaban J connectivity index is 2.90. The molecule has 0 radical (unpaired) electrons. The van der Waals surface area contributed by atoms with Crippen molar-refractivity contribution in [1.82, 2.24) is 5.32 Å². The van der Waals surface area contributed by atoms with Crippen LogP contribution in [0.2, 0.25) is 0 Å². The van der Waals surface area contributed by atoms with Crippen molar-refractivity contribution in [3.8, 4) is 12.3 Å². The number of benzene rings is 1. The van der Waals surface area contributed by atoms with Crippen molar-refractivity contribution in [3.63, 3.8) is 0 Å². The highest BCUT2D eigenvalue weighted by Crippen LogP contribution is 2.30. The third-order valence-corrected chi connectivity index (χ3v) is 2.31. The van der Waals surface area contributed by atoms with Crippen LogP contribution in [0.25, 0.3) is 0 Å². The van der Waals surface area contributed by atoms with E-state index in [0.717, 1.165) is 17.7 Å². The van der Waals surface area contributed by atoms with Gasteiger partial charge in [0, 0.05) is 12.5 Å². The van der Waals surface area contributed by atoms with Gasteiger partial charge in [-0.2, -0.15) is 13.2 Å². The molecule has 1 rings (SSSR count). The monoisotopic (exact) mass is 227 g/mol. The summed E-state index contributed by atoms with van der Waals surface area (Å²) in [6.45, 7) is 0. The van der Waals surface area contributed by atoms with Crippen LogP contribution in [0.4, 0.5) is 13.2 Å². The second-order valence-corrected chi connectivity index (χ2v) is 3.37. The van der Waals surface area contributed by atoms with Gasteiger partial charge in [0.25, 0.3) is 0 Å². The fourth-order valence-electron chi connectivity index (χ4n) is 1.41. The zero-order valence-electron chi connectivity index (χ0n) is 8.81. The zero-order chi connectivity index (χ0) is 12.2. The lowest BCUT2D eigenvalue weighted by Crippen LogP contribution is -2.16. The van der Waals surface area contributed by atoms with Crippen molar-refractivity contribution >= 4 is 0 Å². The zero-order valence-corrected chi connectivity index (χ0v) is 8.81. The Hall–Kier alpha value is -1.47. The van der Waals surface area contributed by atoms with Gasteiger partial charge in [-0.3, -0.25) is 0 Å². The van der Waals surface area contributed by atoms with Crippen LogP contribution in [0, 0.1) is 12.3 Å². The molecule has 86 valence electrons. The molecule has 1 unspecified atom stereocenters. The minimum Gasteiger partial charge on any atom is -0.312 e.